The second-order valence-electron chi connectivity index (χ2n) is 10.4. The summed E-state index contributed by atoms with van der Waals surface area (Å²) >= 11 is 0. The van der Waals surface area contributed by atoms with Gasteiger partial charge in [-0.3, -0.25) is 24.6 Å². The van der Waals surface area contributed by atoms with E-state index in [1.807, 2.05) is 63.5 Å². The fourth-order valence-electron chi connectivity index (χ4n) is 5.62. The summed E-state index contributed by atoms with van der Waals surface area (Å²) in [6.45, 7) is 4.09. The molecule has 0 unspecified atom stereocenters. The number of benzene rings is 2. The Morgan fingerprint density at radius 2 is 1.88 bits per heavy atom. The first-order chi connectivity index (χ1) is 20.8. The molecule has 212 valence electrons. The lowest BCUT2D eigenvalue weighted by Gasteiger charge is -2.17. The van der Waals surface area contributed by atoms with Gasteiger partial charge >= 0.3 is 0 Å². The maximum atomic E-state index is 13.9. The first kappa shape index (κ1) is 26.0. The van der Waals surface area contributed by atoms with Crippen molar-refractivity contribution in [3.8, 4) is 22.4 Å². The highest BCUT2D eigenvalue weighted by atomic mass is 16.6. The molecule has 0 spiro atoms. The van der Waals surface area contributed by atoms with E-state index in [2.05, 4.69) is 25.4 Å². The van der Waals surface area contributed by atoms with Gasteiger partial charge in [-0.05, 0) is 60.4 Å². The SMILES string of the molecule is Cc1cnc(Nc2cc(C)n(C)n2)nc1-c1c[nH]c2c(N3Cc4c(-c5ccncc5)ccc([N+](=O)[O-])c4C3=O)cccc12. The number of aryl methyl sites for hydroxylation is 3. The summed E-state index contributed by atoms with van der Waals surface area (Å²) in [6, 6.07) is 14.3. The van der Waals surface area contributed by atoms with Crippen LogP contribution in [0.4, 0.5) is 23.1 Å². The van der Waals surface area contributed by atoms with Crippen LogP contribution >= 0.6 is 0 Å². The summed E-state index contributed by atoms with van der Waals surface area (Å²) in [7, 11) is 1.87. The molecule has 1 aliphatic rings. The van der Waals surface area contributed by atoms with Gasteiger partial charge in [0.2, 0.25) is 5.95 Å². The Morgan fingerprint density at radius 3 is 2.63 bits per heavy atom. The lowest BCUT2D eigenvalue weighted by molar-refractivity contribution is -0.385. The van der Waals surface area contributed by atoms with Crippen molar-refractivity contribution in [3.05, 3.63) is 106 Å². The molecule has 0 radical (unpaired) electrons. The van der Waals surface area contributed by atoms with Crippen molar-refractivity contribution in [1.29, 1.82) is 0 Å². The average Bonchev–Trinajstić information content (AvgIpc) is 3.68. The summed E-state index contributed by atoms with van der Waals surface area (Å²) in [6.07, 6.45) is 6.93. The number of rotatable bonds is 6. The van der Waals surface area contributed by atoms with E-state index in [0.29, 0.717) is 23.0 Å². The molecule has 0 saturated carbocycles. The number of hydrogen-bond acceptors (Lipinski definition) is 8. The molecule has 5 heterocycles. The molecule has 6 aromatic rings. The van der Waals surface area contributed by atoms with Crippen LogP contribution in [-0.4, -0.2) is 40.5 Å². The third kappa shape index (κ3) is 4.27. The average molecular weight is 572 g/mol. The van der Waals surface area contributed by atoms with Crippen molar-refractivity contribution in [2.45, 2.75) is 20.4 Å². The lowest BCUT2D eigenvalue weighted by atomic mass is 9.96. The highest BCUT2D eigenvalue weighted by molar-refractivity contribution is 6.17. The number of nitrogens with one attached hydrogen (secondary N) is 2. The third-order valence-electron chi connectivity index (χ3n) is 7.82. The van der Waals surface area contributed by atoms with Crippen LogP contribution in [0, 0.1) is 24.0 Å². The molecule has 0 fully saturated rings. The Kier molecular flexibility index (Phi) is 5.97. The Morgan fingerprint density at radius 1 is 1.07 bits per heavy atom. The molecule has 1 amide bonds. The Hall–Kier alpha value is -5.91. The Bertz CT molecular complexity index is 2060. The summed E-state index contributed by atoms with van der Waals surface area (Å²) in [4.78, 5) is 43.6. The molecule has 43 heavy (non-hydrogen) atoms. The molecular weight excluding hydrogens is 546 g/mol. The minimum Gasteiger partial charge on any atom is -0.359 e. The van der Waals surface area contributed by atoms with Crippen LogP contribution in [0.3, 0.4) is 0 Å². The Balaban J connectivity index is 1.30. The van der Waals surface area contributed by atoms with Crippen LogP contribution in [0.15, 0.2) is 73.3 Å². The van der Waals surface area contributed by atoms with E-state index in [1.165, 1.54) is 6.07 Å². The fraction of sp³-hybridized carbons (Fsp3) is 0.129. The number of nitro groups is 1. The molecule has 0 bridgehead atoms. The number of nitro benzene ring substituents is 1. The van der Waals surface area contributed by atoms with Gasteiger partial charge in [0, 0.05) is 60.6 Å². The zero-order valence-corrected chi connectivity index (χ0v) is 23.5. The van der Waals surface area contributed by atoms with E-state index in [-0.39, 0.29) is 17.8 Å². The van der Waals surface area contributed by atoms with Crippen LogP contribution in [-0.2, 0) is 13.6 Å². The van der Waals surface area contributed by atoms with Gasteiger partial charge in [-0.25, -0.2) is 9.97 Å². The number of amides is 1. The molecule has 12 nitrogen and oxygen atoms in total. The molecule has 0 atom stereocenters. The van der Waals surface area contributed by atoms with Gasteiger partial charge in [-0.15, -0.1) is 0 Å². The number of H-pyrrole nitrogens is 1. The summed E-state index contributed by atoms with van der Waals surface area (Å²) < 4.78 is 1.77. The monoisotopic (exact) mass is 571 g/mol. The van der Waals surface area contributed by atoms with Gasteiger partial charge in [0.15, 0.2) is 5.82 Å². The van der Waals surface area contributed by atoms with Crippen molar-refractivity contribution in [3.63, 3.8) is 0 Å². The van der Waals surface area contributed by atoms with Crippen molar-refractivity contribution in [2.75, 3.05) is 10.2 Å². The summed E-state index contributed by atoms with van der Waals surface area (Å²) in [5.41, 5.74) is 6.88. The smallest absolute Gasteiger partial charge is 0.282 e. The molecule has 1 aliphatic heterocycles. The van der Waals surface area contributed by atoms with Crippen molar-refractivity contribution in [1.82, 2.24) is 29.7 Å². The van der Waals surface area contributed by atoms with Gasteiger partial charge in [0.05, 0.1) is 28.4 Å². The molecule has 4 aromatic heterocycles. The normalized spacial score (nSPS) is 12.6. The maximum Gasteiger partial charge on any atom is 0.282 e. The van der Waals surface area contributed by atoms with E-state index >= 15 is 0 Å². The summed E-state index contributed by atoms with van der Waals surface area (Å²) in [5.74, 6) is 0.630. The standard InChI is InChI=1S/C31H25N9O3/c1-17-14-34-31(35-26-13-18(2)38(3)37-26)36-28(17)22-15-33-29-21(22)5-4-6-25(29)39-16-23-20(19-9-11-32-12-10-19)7-8-24(40(42)43)27(23)30(39)41/h4-15,33H,16H2,1-3H3,(H,34,35,36,37). The molecule has 0 saturated heterocycles. The molecule has 7 rings (SSSR count). The van der Waals surface area contributed by atoms with Crippen molar-refractivity contribution < 1.29 is 9.72 Å². The van der Waals surface area contributed by atoms with Gasteiger partial charge in [0.1, 0.15) is 5.56 Å². The van der Waals surface area contributed by atoms with Crippen LogP contribution in [0.5, 0.6) is 0 Å². The number of aromatic nitrogens is 6. The minimum atomic E-state index is -0.500. The number of para-hydroxylation sites is 1. The molecule has 2 aromatic carbocycles. The lowest BCUT2D eigenvalue weighted by Crippen LogP contribution is -2.23. The van der Waals surface area contributed by atoms with Crippen LogP contribution in [0.2, 0.25) is 0 Å². The molecule has 12 heteroatoms. The minimum absolute atomic E-state index is 0.107. The number of aromatic amines is 1. The number of fused-ring (bicyclic) bond motifs is 2. The van der Waals surface area contributed by atoms with Crippen LogP contribution in [0.25, 0.3) is 33.3 Å². The second-order valence-corrected chi connectivity index (χ2v) is 10.4. The van der Waals surface area contributed by atoms with Crippen molar-refractivity contribution >= 4 is 40.0 Å². The zero-order chi connectivity index (χ0) is 29.8. The Labute approximate surface area is 245 Å². The second kappa shape index (κ2) is 9.87. The number of carbonyl (C=O) groups excluding carboxylic acids is 1. The van der Waals surface area contributed by atoms with Gasteiger partial charge in [-0.2, -0.15) is 5.10 Å². The molecular formula is C31H25N9O3. The molecule has 0 aliphatic carbocycles. The number of hydrogen-bond donors (Lipinski definition) is 2. The van der Waals surface area contributed by atoms with Gasteiger partial charge < -0.3 is 15.2 Å². The largest absolute Gasteiger partial charge is 0.359 e. The fourth-order valence-corrected chi connectivity index (χ4v) is 5.62. The zero-order valence-electron chi connectivity index (χ0n) is 23.5. The quantitative estimate of drug-likeness (QED) is 0.187. The van der Waals surface area contributed by atoms with Crippen LogP contribution < -0.4 is 10.2 Å². The number of nitrogens with zero attached hydrogens (tertiary/aromatic N) is 7. The van der Waals surface area contributed by atoms with Crippen LogP contribution in [0.1, 0.15) is 27.2 Å². The molecule has 2 N–H and O–H groups in total. The number of carbonyl (C=O) groups is 1. The van der Waals surface area contributed by atoms with Gasteiger partial charge in [-0.1, -0.05) is 12.1 Å². The van der Waals surface area contributed by atoms with E-state index in [4.69, 9.17) is 4.98 Å². The van der Waals surface area contributed by atoms with Crippen molar-refractivity contribution in [2.24, 2.45) is 7.05 Å². The number of anilines is 3. The number of pyridine rings is 1. The van der Waals surface area contributed by atoms with Gasteiger partial charge in [0.25, 0.3) is 11.6 Å². The van der Waals surface area contributed by atoms with E-state index < -0.39 is 10.8 Å². The highest BCUT2D eigenvalue weighted by Gasteiger charge is 2.38. The first-order valence-electron chi connectivity index (χ1n) is 13.5. The first-order valence-corrected chi connectivity index (χ1v) is 13.5. The predicted octanol–water partition coefficient (Wildman–Crippen LogP) is 5.85. The van der Waals surface area contributed by atoms with E-state index in [1.54, 1.807) is 34.2 Å². The summed E-state index contributed by atoms with van der Waals surface area (Å²) in [5, 5.41) is 20.4. The maximum absolute atomic E-state index is 13.9. The third-order valence-corrected chi connectivity index (χ3v) is 7.82. The predicted molar refractivity (Wildman–Crippen MR) is 162 cm³/mol. The van der Waals surface area contributed by atoms with E-state index in [9.17, 15) is 14.9 Å². The van der Waals surface area contributed by atoms with E-state index in [0.717, 1.165) is 44.5 Å². The highest BCUT2D eigenvalue weighted by Crippen LogP contribution is 2.42. The topological polar surface area (TPSA) is 148 Å².